The van der Waals surface area contributed by atoms with Crippen molar-refractivity contribution >= 4 is 17.8 Å². The van der Waals surface area contributed by atoms with Crippen molar-refractivity contribution in [3.63, 3.8) is 0 Å². The monoisotopic (exact) mass is 434 g/mol. The van der Waals surface area contributed by atoms with Crippen LogP contribution in [0.5, 0.6) is 0 Å². The number of benzene rings is 1. The summed E-state index contributed by atoms with van der Waals surface area (Å²) in [7, 11) is 0. The van der Waals surface area contributed by atoms with Crippen LogP contribution < -0.4 is 5.32 Å². The SMILES string of the molecule is CC1CO1.CCOC(=O)[C@H](CCc1ccccc1)N[C@@H](C)C(=O)N1CCC[C@H]1C(=O)O. The van der Waals surface area contributed by atoms with Crippen LogP contribution in [-0.4, -0.2) is 71.8 Å². The number of carboxylic acids is 1. The predicted molar refractivity (Wildman–Crippen MR) is 116 cm³/mol. The van der Waals surface area contributed by atoms with Crippen LogP contribution in [-0.2, 0) is 30.3 Å². The zero-order valence-corrected chi connectivity index (χ0v) is 18.6. The van der Waals surface area contributed by atoms with Gasteiger partial charge in [0, 0.05) is 6.54 Å². The number of epoxide rings is 1. The van der Waals surface area contributed by atoms with E-state index < -0.39 is 30.1 Å². The van der Waals surface area contributed by atoms with Gasteiger partial charge in [-0.15, -0.1) is 0 Å². The van der Waals surface area contributed by atoms with Crippen LogP contribution >= 0.6 is 0 Å². The van der Waals surface area contributed by atoms with Gasteiger partial charge >= 0.3 is 11.9 Å². The minimum absolute atomic E-state index is 0.262. The van der Waals surface area contributed by atoms with Crippen molar-refractivity contribution in [3.05, 3.63) is 35.9 Å². The average Bonchev–Trinajstić information content (AvgIpc) is 3.38. The highest BCUT2D eigenvalue weighted by atomic mass is 16.6. The van der Waals surface area contributed by atoms with Crippen molar-refractivity contribution in [2.45, 2.75) is 70.7 Å². The van der Waals surface area contributed by atoms with Gasteiger partial charge in [0.05, 0.1) is 25.4 Å². The third-order valence-corrected chi connectivity index (χ3v) is 5.28. The minimum Gasteiger partial charge on any atom is -0.480 e. The fraction of sp³-hybridized carbons (Fsp3) is 0.609. The second-order valence-electron chi connectivity index (χ2n) is 7.89. The van der Waals surface area contributed by atoms with Gasteiger partial charge in [-0.3, -0.25) is 14.9 Å². The number of aliphatic carboxylic acids is 1. The Morgan fingerprint density at radius 3 is 2.48 bits per heavy atom. The van der Waals surface area contributed by atoms with E-state index in [1.54, 1.807) is 13.8 Å². The first kappa shape index (κ1) is 24.8. The lowest BCUT2D eigenvalue weighted by atomic mass is 10.0. The van der Waals surface area contributed by atoms with Crippen molar-refractivity contribution in [1.29, 1.82) is 0 Å². The first-order valence-corrected chi connectivity index (χ1v) is 10.9. The number of rotatable bonds is 9. The number of carbonyl (C=O) groups is 3. The minimum atomic E-state index is -0.987. The summed E-state index contributed by atoms with van der Waals surface area (Å²) >= 11 is 0. The largest absolute Gasteiger partial charge is 0.480 e. The Morgan fingerprint density at radius 2 is 1.94 bits per heavy atom. The summed E-state index contributed by atoms with van der Waals surface area (Å²) in [6.07, 6.45) is 2.87. The molecule has 0 aliphatic carbocycles. The number of amides is 1. The number of likely N-dealkylation sites (tertiary alicyclic amines) is 1. The molecule has 2 heterocycles. The van der Waals surface area contributed by atoms with Gasteiger partial charge in [-0.25, -0.2) is 4.79 Å². The average molecular weight is 435 g/mol. The number of hydrogen-bond acceptors (Lipinski definition) is 6. The number of nitrogens with zero attached hydrogens (tertiary/aromatic N) is 1. The molecule has 8 nitrogen and oxygen atoms in total. The molecule has 2 fully saturated rings. The Balaban J connectivity index is 0.000000762. The van der Waals surface area contributed by atoms with Crippen LogP contribution in [0.1, 0.15) is 45.6 Å². The Kier molecular flexibility index (Phi) is 9.94. The number of carbonyl (C=O) groups excluding carboxylic acids is 2. The lowest BCUT2D eigenvalue weighted by molar-refractivity contribution is -0.150. The number of nitrogens with one attached hydrogen (secondary N) is 1. The molecule has 4 atom stereocenters. The van der Waals surface area contributed by atoms with E-state index in [0.717, 1.165) is 12.2 Å². The van der Waals surface area contributed by atoms with Gasteiger partial charge < -0.3 is 19.5 Å². The molecule has 2 N–H and O–H groups in total. The first-order chi connectivity index (χ1) is 14.8. The standard InChI is InChI=1S/C20H28N2O5.C3H6O/c1-3-27-20(26)16(12-11-15-8-5-4-6-9-15)21-14(2)18(23)22-13-7-10-17(22)19(24)25;1-3-2-4-3/h4-6,8-9,14,16-17,21H,3,7,10-13H2,1-2H3,(H,24,25);3H,2H2,1H3/t14-,16-,17-;/m0./s1. The molecule has 1 aromatic rings. The Labute approximate surface area is 183 Å². The van der Waals surface area contributed by atoms with E-state index in [-0.39, 0.29) is 12.5 Å². The fourth-order valence-electron chi connectivity index (χ4n) is 3.47. The Hall–Kier alpha value is -2.45. The van der Waals surface area contributed by atoms with Crippen LogP contribution in [0.3, 0.4) is 0 Å². The number of hydrogen-bond donors (Lipinski definition) is 2. The molecule has 1 unspecified atom stereocenters. The number of esters is 1. The van der Waals surface area contributed by atoms with Gasteiger partial charge in [0.15, 0.2) is 0 Å². The molecule has 0 spiro atoms. The number of carboxylic acid groups (broad SMARTS) is 1. The third-order valence-electron chi connectivity index (χ3n) is 5.28. The summed E-state index contributed by atoms with van der Waals surface area (Å²) < 4.78 is 9.85. The second kappa shape index (κ2) is 12.4. The zero-order chi connectivity index (χ0) is 22.8. The van der Waals surface area contributed by atoms with Crippen LogP contribution in [0.15, 0.2) is 30.3 Å². The molecule has 31 heavy (non-hydrogen) atoms. The van der Waals surface area contributed by atoms with E-state index in [2.05, 4.69) is 12.2 Å². The van der Waals surface area contributed by atoms with Crippen LogP contribution in [0.2, 0.25) is 0 Å². The lowest BCUT2D eigenvalue weighted by Crippen LogP contribution is -2.53. The molecular formula is C23H34N2O6. The molecule has 3 rings (SSSR count). The maximum absolute atomic E-state index is 12.7. The quantitative estimate of drug-likeness (QED) is 0.452. The highest BCUT2D eigenvalue weighted by molar-refractivity contribution is 5.88. The normalized spacial score (nSPS) is 21.5. The fourth-order valence-corrected chi connectivity index (χ4v) is 3.47. The van der Waals surface area contributed by atoms with Gasteiger partial charge in [-0.2, -0.15) is 0 Å². The topological polar surface area (TPSA) is 108 Å². The molecule has 172 valence electrons. The van der Waals surface area contributed by atoms with Crippen LogP contribution in [0.25, 0.3) is 0 Å². The first-order valence-electron chi connectivity index (χ1n) is 10.9. The van der Waals surface area contributed by atoms with Gasteiger partial charge in [-0.1, -0.05) is 30.3 Å². The lowest BCUT2D eigenvalue weighted by Gasteiger charge is -2.27. The zero-order valence-electron chi connectivity index (χ0n) is 18.6. The highest BCUT2D eigenvalue weighted by Crippen LogP contribution is 2.19. The van der Waals surface area contributed by atoms with Gasteiger partial charge in [0.2, 0.25) is 5.91 Å². The maximum atomic E-state index is 12.7. The molecule has 1 aromatic carbocycles. The van der Waals surface area contributed by atoms with Gasteiger partial charge in [0.25, 0.3) is 0 Å². The smallest absolute Gasteiger partial charge is 0.326 e. The third kappa shape index (κ3) is 8.30. The van der Waals surface area contributed by atoms with E-state index in [1.807, 2.05) is 30.3 Å². The molecule has 0 radical (unpaired) electrons. The van der Waals surface area contributed by atoms with Crippen molar-refractivity contribution in [1.82, 2.24) is 10.2 Å². The van der Waals surface area contributed by atoms with Gasteiger partial charge in [-0.05, 0) is 52.0 Å². The van der Waals surface area contributed by atoms with Crippen LogP contribution in [0.4, 0.5) is 0 Å². The summed E-state index contributed by atoms with van der Waals surface area (Å²) in [5, 5.41) is 12.3. The number of aryl methyl sites for hydroxylation is 1. The van der Waals surface area contributed by atoms with Crippen molar-refractivity contribution in [2.75, 3.05) is 19.8 Å². The molecule has 2 aliphatic heterocycles. The van der Waals surface area contributed by atoms with E-state index in [4.69, 9.17) is 9.47 Å². The summed E-state index contributed by atoms with van der Waals surface area (Å²) in [5.74, 6) is -1.68. The molecule has 0 aromatic heterocycles. The van der Waals surface area contributed by atoms with E-state index in [9.17, 15) is 19.5 Å². The van der Waals surface area contributed by atoms with Gasteiger partial charge in [0.1, 0.15) is 12.1 Å². The highest BCUT2D eigenvalue weighted by Gasteiger charge is 2.36. The van der Waals surface area contributed by atoms with Crippen molar-refractivity contribution in [2.24, 2.45) is 0 Å². The molecule has 0 saturated carbocycles. The Bertz CT molecular complexity index is 722. The maximum Gasteiger partial charge on any atom is 0.326 e. The van der Waals surface area contributed by atoms with E-state index in [1.165, 1.54) is 4.90 Å². The molecule has 0 bridgehead atoms. The molecule has 8 heteroatoms. The second-order valence-corrected chi connectivity index (χ2v) is 7.89. The van der Waals surface area contributed by atoms with Crippen LogP contribution in [0, 0.1) is 0 Å². The summed E-state index contributed by atoms with van der Waals surface area (Å²) in [6, 6.07) is 7.69. The van der Waals surface area contributed by atoms with Crippen molar-refractivity contribution in [3.8, 4) is 0 Å². The van der Waals surface area contributed by atoms with E-state index >= 15 is 0 Å². The molecule has 2 saturated heterocycles. The summed E-state index contributed by atoms with van der Waals surface area (Å²) in [5.41, 5.74) is 1.10. The predicted octanol–water partition coefficient (Wildman–Crippen LogP) is 2.01. The molecular weight excluding hydrogens is 400 g/mol. The van der Waals surface area contributed by atoms with E-state index in [0.29, 0.717) is 38.3 Å². The van der Waals surface area contributed by atoms with Crippen molar-refractivity contribution < 1.29 is 29.0 Å². The Morgan fingerprint density at radius 1 is 1.29 bits per heavy atom. The molecule has 1 amide bonds. The summed E-state index contributed by atoms with van der Waals surface area (Å²) in [4.78, 5) is 37.7. The number of ether oxygens (including phenoxy) is 2. The molecule has 2 aliphatic rings. The summed E-state index contributed by atoms with van der Waals surface area (Å²) in [6.45, 7) is 7.13.